The number of aliphatic carboxylic acids is 1. The highest BCUT2D eigenvalue weighted by atomic mass is 16.5. The molecule has 186 valence electrons. The van der Waals surface area contributed by atoms with Gasteiger partial charge in [-0.25, -0.2) is 0 Å². The molecule has 5 nitrogen and oxygen atoms in total. The molecule has 0 aromatic heterocycles. The van der Waals surface area contributed by atoms with Crippen molar-refractivity contribution in [2.45, 2.75) is 77.9 Å². The molecule has 2 heterocycles. The predicted molar refractivity (Wildman–Crippen MR) is 130 cm³/mol. The van der Waals surface area contributed by atoms with Gasteiger partial charge in [0, 0.05) is 25.0 Å². The van der Waals surface area contributed by atoms with Crippen LogP contribution in [0.2, 0.25) is 0 Å². The smallest absolute Gasteiger partial charge is 0.315 e. The van der Waals surface area contributed by atoms with Crippen LogP contribution in [-0.4, -0.2) is 54.1 Å². The minimum absolute atomic E-state index is 0.0815. The number of carbonyl (C=O) groups is 2. The van der Waals surface area contributed by atoms with Crippen molar-refractivity contribution in [2.24, 2.45) is 45.8 Å². The monoisotopic (exact) mass is 467 g/mol. The zero-order valence-electron chi connectivity index (χ0n) is 21.0. The Bertz CT molecular complexity index is 940. The van der Waals surface area contributed by atoms with Crippen molar-refractivity contribution in [3.8, 4) is 0 Å². The molecule has 9 atom stereocenters. The summed E-state index contributed by atoms with van der Waals surface area (Å²) in [4.78, 5) is 29.3. The third-order valence-corrected chi connectivity index (χ3v) is 11.3. The van der Waals surface area contributed by atoms with Crippen LogP contribution in [0.4, 0.5) is 0 Å². The van der Waals surface area contributed by atoms with Crippen LogP contribution in [0.15, 0.2) is 23.8 Å². The van der Waals surface area contributed by atoms with E-state index in [4.69, 9.17) is 4.74 Å². The fourth-order valence-corrected chi connectivity index (χ4v) is 10.2. The van der Waals surface area contributed by atoms with Crippen molar-refractivity contribution in [1.29, 1.82) is 0 Å². The van der Waals surface area contributed by atoms with E-state index in [-0.39, 0.29) is 30.0 Å². The molecular weight excluding hydrogens is 426 g/mol. The average Bonchev–Trinajstić information content (AvgIpc) is 3.54. The molecule has 0 aromatic carbocycles. The zero-order chi connectivity index (χ0) is 23.9. The van der Waals surface area contributed by atoms with E-state index in [2.05, 4.69) is 43.9 Å². The van der Waals surface area contributed by atoms with Crippen LogP contribution in [0.5, 0.6) is 0 Å². The van der Waals surface area contributed by atoms with Crippen molar-refractivity contribution in [3.05, 3.63) is 23.8 Å². The SMILES string of the molecule is CC(C)C1=CC2CC3(C=O)[C@@H]4CC[C@@H](C)[C@H]4CC2(C2CCC(CN4CC=CCC4)O2)C13C(=O)O. The van der Waals surface area contributed by atoms with Crippen LogP contribution < -0.4 is 0 Å². The molecule has 34 heavy (non-hydrogen) atoms. The largest absolute Gasteiger partial charge is 0.481 e. The van der Waals surface area contributed by atoms with Gasteiger partial charge in [-0.3, -0.25) is 9.69 Å². The summed E-state index contributed by atoms with van der Waals surface area (Å²) in [6.45, 7) is 9.55. The van der Waals surface area contributed by atoms with Gasteiger partial charge in [0.15, 0.2) is 0 Å². The first-order chi connectivity index (χ1) is 16.3. The summed E-state index contributed by atoms with van der Waals surface area (Å²) in [5.41, 5.74) is -1.37. The first kappa shape index (κ1) is 23.0. The maximum atomic E-state index is 13.6. The minimum atomic E-state index is -1.11. The van der Waals surface area contributed by atoms with Gasteiger partial charge in [0.2, 0.25) is 0 Å². The molecule has 3 saturated carbocycles. The number of carboxylic acids is 1. The van der Waals surface area contributed by atoms with Crippen molar-refractivity contribution in [3.63, 3.8) is 0 Å². The van der Waals surface area contributed by atoms with Crippen LogP contribution in [-0.2, 0) is 14.3 Å². The number of allylic oxidation sites excluding steroid dienone is 1. The predicted octanol–water partition coefficient (Wildman–Crippen LogP) is 4.72. The number of rotatable bonds is 6. The first-order valence-corrected chi connectivity index (χ1v) is 13.8. The third-order valence-electron chi connectivity index (χ3n) is 11.3. The van der Waals surface area contributed by atoms with E-state index >= 15 is 0 Å². The van der Waals surface area contributed by atoms with Gasteiger partial charge < -0.3 is 14.6 Å². The lowest BCUT2D eigenvalue weighted by Crippen LogP contribution is -2.65. The first-order valence-electron chi connectivity index (χ1n) is 13.8. The molecule has 0 radical (unpaired) electrons. The van der Waals surface area contributed by atoms with Crippen molar-refractivity contribution < 1.29 is 19.4 Å². The molecule has 4 aliphatic carbocycles. The number of ether oxygens (including phenoxy) is 1. The Morgan fingerprint density at radius 3 is 2.74 bits per heavy atom. The van der Waals surface area contributed by atoms with E-state index in [1.54, 1.807) is 0 Å². The molecule has 2 aliphatic heterocycles. The molecule has 6 rings (SSSR count). The number of nitrogens with zero attached hydrogens (tertiary/aromatic N) is 1. The van der Waals surface area contributed by atoms with Crippen LogP contribution in [0.25, 0.3) is 0 Å². The highest BCUT2D eigenvalue weighted by Crippen LogP contribution is 2.84. The molecule has 4 bridgehead atoms. The van der Waals surface area contributed by atoms with Gasteiger partial charge in [-0.05, 0) is 68.1 Å². The molecule has 0 spiro atoms. The topological polar surface area (TPSA) is 66.8 Å². The van der Waals surface area contributed by atoms with Crippen LogP contribution >= 0.6 is 0 Å². The Morgan fingerprint density at radius 1 is 1.24 bits per heavy atom. The molecular formula is C29H41NO4. The molecule has 4 fully saturated rings. The van der Waals surface area contributed by atoms with Crippen LogP contribution in [0, 0.1) is 45.8 Å². The number of carboxylic acid groups (broad SMARTS) is 1. The molecule has 0 aromatic rings. The lowest BCUT2D eigenvalue weighted by Gasteiger charge is -2.60. The van der Waals surface area contributed by atoms with Crippen molar-refractivity contribution in [2.75, 3.05) is 19.6 Å². The van der Waals surface area contributed by atoms with Gasteiger partial charge >= 0.3 is 5.97 Å². The Hall–Kier alpha value is -1.46. The Balaban J connectivity index is 1.43. The van der Waals surface area contributed by atoms with E-state index < -0.39 is 22.2 Å². The molecule has 6 unspecified atom stereocenters. The summed E-state index contributed by atoms with van der Waals surface area (Å²) >= 11 is 0. The second-order valence-electron chi connectivity index (χ2n) is 12.7. The number of fused-ring (bicyclic) bond motifs is 2. The minimum Gasteiger partial charge on any atom is -0.481 e. The maximum absolute atomic E-state index is 13.6. The van der Waals surface area contributed by atoms with Gasteiger partial charge in [0.05, 0.1) is 17.6 Å². The summed E-state index contributed by atoms with van der Waals surface area (Å²) in [6.07, 6.45) is 14.7. The second-order valence-corrected chi connectivity index (χ2v) is 12.7. The van der Waals surface area contributed by atoms with E-state index in [0.29, 0.717) is 18.3 Å². The fourth-order valence-electron chi connectivity index (χ4n) is 10.2. The number of carbonyl (C=O) groups excluding carboxylic acids is 1. The molecule has 0 amide bonds. The summed E-state index contributed by atoms with van der Waals surface area (Å²) in [7, 11) is 0. The van der Waals surface area contributed by atoms with Crippen molar-refractivity contribution in [1.82, 2.24) is 4.90 Å². The molecule has 5 heteroatoms. The van der Waals surface area contributed by atoms with Crippen LogP contribution in [0.1, 0.15) is 65.7 Å². The van der Waals surface area contributed by atoms with Gasteiger partial charge in [-0.1, -0.05) is 51.0 Å². The van der Waals surface area contributed by atoms with Gasteiger partial charge in [0.25, 0.3) is 0 Å². The summed E-state index contributed by atoms with van der Waals surface area (Å²) < 4.78 is 6.90. The highest BCUT2D eigenvalue weighted by molar-refractivity contribution is 5.90. The van der Waals surface area contributed by atoms with Crippen LogP contribution in [0.3, 0.4) is 0 Å². The normalized spacial score (nSPS) is 49.5. The Kier molecular flexibility index (Phi) is 5.25. The molecule has 1 N–H and O–H groups in total. The maximum Gasteiger partial charge on any atom is 0.315 e. The van der Waals surface area contributed by atoms with E-state index in [1.807, 2.05) is 0 Å². The fraction of sp³-hybridized carbons (Fsp3) is 0.793. The van der Waals surface area contributed by atoms with E-state index in [0.717, 1.165) is 70.0 Å². The lowest BCUT2D eigenvalue weighted by atomic mass is 9.41. The van der Waals surface area contributed by atoms with Gasteiger partial charge in [-0.2, -0.15) is 0 Å². The van der Waals surface area contributed by atoms with E-state index in [9.17, 15) is 14.7 Å². The number of hydrogen-bond acceptors (Lipinski definition) is 4. The number of aldehydes is 1. The lowest BCUT2D eigenvalue weighted by molar-refractivity contribution is -0.197. The highest BCUT2D eigenvalue weighted by Gasteiger charge is 2.86. The second kappa shape index (κ2) is 7.77. The summed E-state index contributed by atoms with van der Waals surface area (Å²) in [5.74, 6) is 0.655. The Morgan fingerprint density at radius 2 is 2.06 bits per heavy atom. The van der Waals surface area contributed by atoms with Crippen molar-refractivity contribution >= 4 is 12.3 Å². The summed E-state index contributed by atoms with van der Waals surface area (Å²) in [6, 6.07) is 0. The van der Waals surface area contributed by atoms with Gasteiger partial charge in [0.1, 0.15) is 11.7 Å². The molecule has 1 saturated heterocycles. The zero-order valence-corrected chi connectivity index (χ0v) is 21.0. The quantitative estimate of drug-likeness (QED) is 0.452. The Labute approximate surface area is 204 Å². The van der Waals surface area contributed by atoms with Gasteiger partial charge in [-0.15, -0.1) is 0 Å². The number of hydrogen-bond donors (Lipinski definition) is 1. The standard InChI is InChI=1S/C29H41NO4/c1-18(2)24-13-20-14-27(17-31)23-9-7-19(3)22(23)15-28(20,29(24,27)26(32)33)25-10-8-21(34-25)16-30-11-5-4-6-12-30/h4-5,13,17-23,25H,6-12,14-16H2,1-3H3,(H,32,33)/t19-,20?,21?,22-,23-,25?,27?,28?,29?/m1/s1. The van der Waals surface area contributed by atoms with E-state index in [1.165, 1.54) is 0 Å². The molecule has 6 aliphatic rings. The average molecular weight is 468 g/mol. The third kappa shape index (κ3) is 2.58. The summed E-state index contributed by atoms with van der Waals surface area (Å²) in [5, 5.41) is 11.2.